The molecule has 118 valence electrons. The number of rotatable bonds is 8. The Morgan fingerprint density at radius 2 is 2.10 bits per heavy atom. The molecule has 4 nitrogen and oxygen atoms in total. The Labute approximate surface area is 128 Å². The highest BCUT2D eigenvalue weighted by molar-refractivity contribution is 5.31. The Balaban J connectivity index is 1.86. The molecule has 0 radical (unpaired) electrons. The molecule has 3 atom stereocenters. The van der Waals surface area contributed by atoms with Crippen LogP contribution in [-0.4, -0.2) is 23.4 Å². The topological polar surface area (TPSA) is 39.1 Å². The van der Waals surface area contributed by atoms with Crippen molar-refractivity contribution in [2.45, 2.75) is 58.5 Å². The Morgan fingerprint density at radius 3 is 2.71 bits per heavy atom. The number of ether oxygens (including phenoxy) is 1. The molecule has 3 rings (SSSR count). The van der Waals surface area contributed by atoms with Crippen LogP contribution in [0.25, 0.3) is 0 Å². The van der Waals surface area contributed by atoms with Crippen LogP contribution in [-0.2, 0) is 6.54 Å². The molecule has 0 bridgehead atoms. The average molecular weight is 291 g/mol. The summed E-state index contributed by atoms with van der Waals surface area (Å²) in [6.07, 6.45) is 8.44. The number of aromatic nitrogens is 2. The van der Waals surface area contributed by atoms with Gasteiger partial charge in [-0.05, 0) is 50.0 Å². The van der Waals surface area contributed by atoms with Crippen LogP contribution in [0.4, 0.5) is 0 Å². The van der Waals surface area contributed by atoms with E-state index in [9.17, 15) is 0 Å². The molecule has 4 heteroatoms. The SMILES string of the molecule is CCCNC(c1c(OC)cnn1CCC)C1C2CCCC21. The van der Waals surface area contributed by atoms with E-state index in [1.165, 1.54) is 31.4 Å². The summed E-state index contributed by atoms with van der Waals surface area (Å²) in [6.45, 7) is 6.49. The van der Waals surface area contributed by atoms with Crippen molar-refractivity contribution in [1.29, 1.82) is 0 Å². The van der Waals surface area contributed by atoms with E-state index in [1.807, 2.05) is 6.20 Å². The van der Waals surface area contributed by atoms with Gasteiger partial charge in [0.05, 0.1) is 25.0 Å². The molecule has 0 saturated heterocycles. The van der Waals surface area contributed by atoms with E-state index >= 15 is 0 Å². The van der Waals surface area contributed by atoms with Crippen LogP contribution in [0.1, 0.15) is 57.7 Å². The smallest absolute Gasteiger partial charge is 0.161 e. The lowest BCUT2D eigenvalue weighted by Crippen LogP contribution is -2.28. The van der Waals surface area contributed by atoms with E-state index in [-0.39, 0.29) is 0 Å². The lowest BCUT2D eigenvalue weighted by Gasteiger charge is -2.23. The summed E-state index contributed by atoms with van der Waals surface area (Å²) >= 11 is 0. The lowest BCUT2D eigenvalue weighted by molar-refractivity contribution is 0.357. The maximum Gasteiger partial charge on any atom is 0.161 e. The standard InChI is InChI=1S/C17H29N3O/c1-4-9-18-16(15-12-7-6-8-13(12)15)17-14(21-3)11-19-20(17)10-5-2/h11-13,15-16,18H,4-10H2,1-3H3. The molecular formula is C17H29N3O. The first-order valence-electron chi connectivity index (χ1n) is 8.64. The molecule has 1 N–H and O–H groups in total. The van der Waals surface area contributed by atoms with Crippen LogP contribution in [0, 0.1) is 17.8 Å². The number of hydrogen-bond acceptors (Lipinski definition) is 3. The zero-order valence-corrected chi connectivity index (χ0v) is 13.6. The zero-order chi connectivity index (χ0) is 14.8. The number of nitrogens with one attached hydrogen (secondary N) is 1. The highest BCUT2D eigenvalue weighted by atomic mass is 16.5. The van der Waals surface area contributed by atoms with Gasteiger partial charge in [-0.1, -0.05) is 20.3 Å². The largest absolute Gasteiger partial charge is 0.493 e. The van der Waals surface area contributed by atoms with Crippen molar-refractivity contribution in [2.24, 2.45) is 17.8 Å². The van der Waals surface area contributed by atoms with Crippen molar-refractivity contribution in [1.82, 2.24) is 15.1 Å². The fourth-order valence-electron chi connectivity index (χ4n) is 4.32. The van der Waals surface area contributed by atoms with E-state index < -0.39 is 0 Å². The van der Waals surface area contributed by atoms with Crippen molar-refractivity contribution in [2.75, 3.05) is 13.7 Å². The third-order valence-electron chi connectivity index (χ3n) is 5.27. The molecule has 3 unspecified atom stereocenters. The molecule has 1 aromatic heterocycles. The molecular weight excluding hydrogens is 262 g/mol. The molecule has 2 aliphatic rings. The third kappa shape index (κ3) is 2.70. The second kappa shape index (κ2) is 6.39. The third-order valence-corrected chi connectivity index (χ3v) is 5.27. The van der Waals surface area contributed by atoms with E-state index in [0.717, 1.165) is 43.0 Å². The number of fused-ring (bicyclic) bond motifs is 1. The molecule has 1 aromatic rings. The summed E-state index contributed by atoms with van der Waals surface area (Å²) in [6, 6.07) is 0.421. The highest BCUT2D eigenvalue weighted by Gasteiger charge is 2.57. The van der Waals surface area contributed by atoms with Crippen molar-refractivity contribution in [3.05, 3.63) is 11.9 Å². The van der Waals surface area contributed by atoms with Crippen molar-refractivity contribution in [3.8, 4) is 5.75 Å². The van der Waals surface area contributed by atoms with Gasteiger partial charge in [0.1, 0.15) is 0 Å². The first-order chi connectivity index (χ1) is 10.3. The van der Waals surface area contributed by atoms with Gasteiger partial charge in [-0.25, -0.2) is 0 Å². The first-order valence-corrected chi connectivity index (χ1v) is 8.64. The van der Waals surface area contributed by atoms with Gasteiger partial charge in [0.25, 0.3) is 0 Å². The number of aryl methyl sites for hydroxylation is 1. The minimum atomic E-state index is 0.421. The van der Waals surface area contributed by atoms with E-state index in [4.69, 9.17) is 4.74 Å². The van der Waals surface area contributed by atoms with Crippen LogP contribution in [0.2, 0.25) is 0 Å². The summed E-state index contributed by atoms with van der Waals surface area (Å²) in [4.78, 5) is 0. The average Bonchev–Trinajstić information content (AvgIpc) is 2.87. The fourth-order valence-corrected chi connectivity index (χ4v) is 4.32. The second-order valence-corrected chi connectivity index (χ2v) is 6.59. The predicted molar refractivity (Wildman–Crippen MR) is 84.4 cm³/mol. The fraction of sp³-hybridized carbons (Fsp3) is 0.824. The molecule has 0 aliphatic heterocycles. The Bertz CT molecular complexity index is 461. The monoisotopic (exact) mass is 291 g/mol. The molecule has 21 heavy (non-hydrogen) atoms. The lowest BCUT2D eigenvalue weighted by atomic mass is 10.00. The molecule has 2 aliphatic carbocycles. The summed E-state index contributed by atoms with van der Waals surface area (Å²) in [5.74, 6) is 3.64. The van der Waals surface area contributed by atoms with Crippen LogP contribution < -0.4 is 10.1 Å². The Kier molecular flexibility index (Phi) is 4.53. The van der Waals surface area contributed by atoms with Crippen molar-refractivity contribution >= 4 is 0 Å². The van der Waals surface area contributed by atoms with Gasteiger partial charge >= 0.3 is 0 Å². The number of nitrogens with zero attached hydrogens (tertiary/aromatic N) is 2. The van der Waals surface area contributed by atoms with Crippen LogP contribution in [0.15, 0.2) is 6.20 Å². The minimum Gasteiger partial charge on any atom is -0.493 e. The maximum absolute atomic E-state index is 5.61. The maximum atomic E-state index is 5.61. The van der Waals surface area contributed by atoms with Crippen LogP contribution in [0.5, 0.6) is 5.75 Å². The van der Waals surface area contributed by atoms with Crippen molar-refractivity contribution in [3.63, 3.8) is 0 Å². The van der Waals surface area contributed by atoms with Gasteiger partial charge < -0.3 is 10.1 Å². The van der Waals surface area contributed by atoms with Gasteiger partial charge in [-0.15, -0.1) is 0 Å². The first kappa shape index (κ1) is 14.9. The second-order valence-electron chi connectivity index (χ2n) is 6.59. The van der Waals surface area contributed by atoms with E-state index in [1.54, 1.807) is 7.11 Å². The van der Waals surface area contributed by atoms with Gasteiger partial charge in [0.15, 0.2) is 5.75 Å². The quantitative estimate of drug-likeness (QED) is 0.798. The molecule has 0 amide bonds. The van der Waals surface area contributed by atoms with Gasteiger partial charge in [0.2, 0.25) is 0 Å². The predicted octanol–water partition coefficient (Wildman–Crippen LogP) is 3.39. The number of hydrogen-bond donors (Lipinski definition) is 1. The number of methoxy groups -OCH3 is 1. The Hall–Kier alpha value is -1.03. The minimum absolute atomic E-state index is 0.421. The highest BCUT2D eigenvalue weighted by Crippen LogP contribution is 2.62. The molecule has 1 heterocycles. The summed E-state index contributed by atoms with van der Waals surface area (Å²) in [5, 5.41) is 8.36. The van der Waals surface area contributed by atoms with Gasteiger partial charge in [-0.2, -0.15) is 5.10 Å². The summed E-state index contributed by atoms with van der Waals surface area (Å²) in [5.41, 5.74) is 1.28. The van der Waals surface area contributed by atoms with E-state index in [2.05, 4.69) is 28.9 Å². The van der Waals surface area contributed by atoms with E-state index in [0.29, 0.717) is 6.04 Å². The van der Waals surface area contributed by atoms with Gasteiger partial charge in [-0.3, -0.25) is 4.68 Å². The molecule has 2 fully saturated rings. The molecule has 2 saturated carbocycles. The van der Waals surface area contributed by atoms with Crippen LogP contribution >= 0.6 is 0 Å². The molecule has 0 spiro atoms. The summed E-state index contributed by atoms with van der Waals surface area (Å²) in [7, 11) is 1.77. The zero-order valence-electron chi connectivity index (χ0n) is 13.6. The molecule has 0 aromatic carbocycles. The Morgan fingerprint density at radius 1 is 1.33 bits per heavy atom. The van der Waals surface area contributed by atoms with Crippen molar-refractivity contribution < 1.29 is 4.74 Å². The normalized spacial score (nSPS) is 28.4. The summed E-state index contributed by atoms with van der Waals surface area (Å²) < 4.78 is 7.78. The van der Waals surface area contributed by atoms with Crippen LogP contribution in [0.3, 0.4) is 0 Å². The van der Waals surface area contributed by atoms with Gasteiger partial charge in [0, 0.05) is 6.54 Å².